The van der Waals surface area contributed by atoms with Crippen molar-refractivity contribution in [2.75, 3.05) is 6.54 Å². The molecule has 2 N–H and O–H groups in total. The highest BCUT2D eigenvalue weighted by Crippen LogP contribution is 2.32. The zero-order valence-corrected chi connectivity index (χ0v) is 9.72. The molecular formula is C11H20N4. The van der Waals surface area contributed by atoms with E-state index >= 15 is 0 Å². The average molecular weight is 208 g/mol. The Hall–Kier alpha value is -0.870. The predicted octanol–water partition coefficient (Wildman–Crippen LogP) is 0.903. The predicted molar refractivity (Wildman–Crippen MR) is 60.4 cm³/mol. The van der Waals surface area contributed by atoms with Gasteiger partial charge in [-0.25, -0.2) is 0 Å². The van der Waals surface area contributed by atoms with Gasteiger partial charge in [0.2, 0.25) is 0 Å². The Kier molecular flexibility index (Phi) is 2.80. The van der Waals surface area contributed by atoms with Crippen molar-refractivity contribution >= 4 is 0 Å². The van der Waals surface area contributed by atoms with Crippen LogP contribution in [0.1, 0.15) is 32.0 Å². The first-order chi connectivity index (χ1) is 7.11. The van der Waals surface area contributed by atoms with Crippen LogP contribution in [0.3, 0.4) is 0 Å². The van der Waals surface area contributed by atoms with Crippen LogP contribution in [0.4, 0.5) is 0 Å². The molecule has 0 aromatic carbocycles. The van der Waals surface area contributed by atoms with E-state index in [0.717, 1.165) is 13.0 Å². The van der Waals surface area contributed by atoms with Crippen molar-refractivity contribution in [1.82, 2.24) is 14.7 Å². The minimum absolute atomic E-state index is 0.239. The Bertz CT molecular complexity index is 331. The summed E-state index contributed by atoms with van der Waals surface area (Å²) in [5, 5.41) is 4.22. The largest absolute Gasteiger partial charge is 0.326 e. The van der Waals surface area contributed by atoms with Gasteiger partial charge in [-0.1, -0.05) is 0 Å². The molecule has 0 spiro atoms. The van der Waals surface area contributed by atoms with E-state index in [1.165, 1.54) is 5.69 Å². The topological polar surface area (TPSA) is 47.1 Å². The number of rotatable bonds is 2. The molecule has 2 atom stereocenters. The number of nitrogens with two attached hydrogens (primary N) is 1. The molecule has 0 bridgehead atoms. The summed E-state index contributed by atoms with van der Waals surface area (Å²) in [4.78, 5) is 2.46. The van der Waals surface area contributed by atoms with Gasteiger partial charge in [0.1, 0.15) is 0 Å². The summed E-state index contributed by atoms with van der Waals surface area (Å²) in [5.74, 6) is 0. The molecule has 0 radical (unpaired) electrons. The van der Waals surface area contributed by atoms with Gasteiger partial charge in [0.25, 0.3) is 0 Å². The monoisotopic (exact) mass is 208 g/mol. The van der Waals surface area contributed by atoms with Crippen molar-refractivity contribution in [2.45, 2.75) is 38.4 Å². The van der Waals surface area contributed by atoms with Crippen molar-refractivity contribution in [1.29, 1.82) is 0 Å². The maximum Gasteiger partial charge on any atom is 0.0673 e. The minimum atomic E-state index is 0.239. The maximum absolute atomic E-state index is 6.18. The summed E-state index contributed by atoms with van der Waals surface area (Å²) in [7, 11) is 1.98. The van der Waals surface area contributed by atoms with Crippen LogP contribution in [0, 0.1) is 0 Å². The van der Waals surface area contributed by atoms with Gasteiger partial charge in [0.15, 0.2) is 0 Å². The third-order valence-corrected chi connectivity index (χ3v) is 3.31. The number of aryl methyl sites for hydroxylation is 1. The lowest BCUT2D eigenvalue weighted by Gasteiger charge is -2.30. The van der Waals surface area contributed by atoms with E-state index in [1.54, 1.807) is 0 Å². The fraction of sp³-hybridized carbons (Fsp3) is 0.727. The van der Waals surface area contributed by atoms with Crippen LogP contribution in [-0.4, -0.2) is 33.3 Å². The molecule has 1 aliphatic heterocycles. The van der Waals surface area contributed by atoms with E-state index < -0.39 is 0 Å². The Morgan fingerprint density at radius 3 is 2.80 bits per heavy atom. The highest BCUT2D eigenvalue weighted by Gasteiger charge is 2.35. The number of hydrogen-bond acceptors (Lipinski definition) is 3. The summed E-state index contributed by atoms with van der Waals surface area (Å²) in [6.45, 7) is 5.54. The van der Waals surface area contributed by atoms with Crippen LogP contribution in [0.5, 0.6) is 0 Å². The van der Waals surface area contributed by atoms with Crippen molar-refractivity contribution in [3.05, 3.63) is 18.0 Å². The minimum Gasteiger partial charge on any atom is -0.326 e. The molecule has 0 unspecified atom stereocenters. The van der Waals surface area contributed by atoms with E-state index in [4.69, 9.17) is 5.73 Å². The van der Waals surface area contributed by atoms with Crippen LogP contribution in [0.25, 0.3) is 0 Å². The molecule has 4 heteroatoms. The van der Waals surface area contributed by atoms with Crippen molar-refractivity contribution in [3.8, 4) is 0 Å². The second-order valence-electron chi connectivity index (χ2n) is 4.61. The fourth-order valence-corrected chi connectivity index (χ4v) is 2.48. The van der Waals surface area contributed by atoms with Gasteiger partial charge in [-0.2, -0.15) is 5.10 Å². The molecule has 0 amide bonds. The molecule has 1 aromatic heterocycles. The zero-order valence-electron chi connectivity index (χ0n) is 9.72. The van der Waals surface area contributed by atoms with Crippen molar-refractivity contribution in [3.63, 3.8) is 0 Å². The van der Waals surface area contributed by atoms with Crippen LogP contribution < -0.4 is 5.73 Å². The first-order valence-electron chi connectivity index (χ1n) is 5.60. The molecule has 1 aromatic rings. The van der Waals surface area contributed by atoms with E-state index in [0.29, 0.717) is 12.1 Å². The molecule has 2 heterocycles. The van der Waals surface area contributed by atoms with Crippen molar-refractivity contribution in [2.24, 2.45) is 12.8 Å². The number of hydrogen-bond donors (Lipinski definition) is 1. The van der Waals surface area contributed by atoms with Gasteiger partial charge < -0.3 is 5.73 Å². The Morgan fingerprint density at radius 1 is 1.53 bits per heavy atom. The molecule has 0 aliphatic carbocycles. The molecule has 4 nitrogen and oxygen atoms in total. The van der Waals surface area contributed by atoms with Gasteiger partial charge >= 0.3 is 0 Å². The first-order valence-corrected chi connectivity index (χ1v) is 5.60. The quantitative estimate of drug-likeness (QED) is 0.785. The second-order valence-corrected chi connectivity index (χ2v) is 4.61. The molecule has 2 rings (SSSR count). The Morgan fingerprint density at radius 2 is 2.27 bits per heavy atom. The lowest BCUT2D eigenvalue weighted by molar-refractivity contribution is 0.191. The number of likely N-dealkylation sites (tertiary alicyclic amines) is 1. The van der Waals surface area contributed by atoms with E-state index in [9.17, 15) is 0 Å². The van der Waals surface area contributed by atoms with Crippen LogP contribution in [0.2, 0.25) is 0 Å². The van der Waals surface area contributed by atoms with Crippen LogP contribution in [0.15, 0.2) is 12.3 Å². The molecule has 1 fully saturated rings. The molecule has 84 valence electrons. The smallest absolute Gasteiger partial charge is 0.0673 e. The van der Waals surface area contributed by atoms with E-state index in [1.807, 2.05) is 17.9 Å². The highest BCUT2D eigenvalue weighted by atomic mass is 15.3. The normalized spacial score (nSPS) is 27.8. The van der Waals surface area contributed by atoms with Gasteiger partial charge in [-0.15, -0.1) is 0 Å². The van der Waals surface area contributed by atoms with Gasteiger partial charge in [-0.3, -0.25) is 9.58 Å². The number of aromatic nitrogens is 2. The Labute approximate surface area is 91.1 Å². The second kappa shape index (κ2) is 3.94. The lowest BCUT2D eigenvalue weighted by atomic mass is 10.1. The summed E-state index contributed by atoms with van der Waals surface area (Å²) in [6, 6.07) is 3.18. The molecular weight excluding hydrogens is 188 g/mol. The van der Waals surface area contributed by atoms with Gasteiger partial charge in [0, 0.05) is 31.9 Å². The fourth-order valence-electron chi connectivity index (χ4n) is 2.48. The molecule has 1 aliphatic rings. The zero-order chi connectivity index (χ0) is 11.0. The third-order valence-electron chi connectivity index (χ3n) is 3.31. The van der Waals surface area contributed by atoms with Gasteiger partial charge in [0.05, 0.1) is 11.7 Å². The van der Waals surface area contributed by atoms with E-state index in [2.05, 4.69) is 29.9 Å². The summed E-state index contributed by atoms with van der Waals surface area (Å²) in [6.07, 6.45) is 2.92. The lowest BCUT2D eigenvalue weighted by Crippen LogP contribution is -2.37. The molecule has 15 heavy (non-hydrogen) atoms. The third kappa shape index (κ3) is 1.79. The van der Waals surface area contributed by atoms with Crippen LogP contribution in [-0.2, 0) is 7.05 Å². The maximum atomic E-state index is 6.18. The van der Waals surface area contributed by atoms with Gasteiger partial charge in [-0.05, 0) is 26.3 Å². The average Bonchev–Trinajstić information content (AvgIpc) is 2.71. The summed E-state index contributed by atoms with van der Waals surface area (Å²) < 4.78 is 1.94. The van der Waals surface area contributed by atoms with Crippen LogP contribution >= 0.6 is 0 Å². The van der Waals surface area contributed by atoms with Crippen molar-refractivity contribution < 1.29 is 0 Å². The Balaban J connectivity index is 2.29. The SMILES string of the molecule is CC(C)N1CC[C@H](N)[C@H]1c1ccnn1C. The highest BCUT2D eigenvalue weighted by molar-refractivity contribution is 5.13. The standard InChI is InChI=1S/C11H20N4/c1-8(2)15-7-5-9(12)11(15)10-4-6-13-14(10)3/h4,6,8-9,11H,5,7,12H2,1-3H3/t9-,11-/m0/s1. The summed E-state index contributed by atoms with van der Waals surface area (Å²) in [5.41, 5.74) is 7.41. The molecule has 1 saturated heterocycles. The molecule has 0 saturated carbocycles. The number of nitrogens with zero attached hydrogens (tertiary/aromatic N) is 3. The summed E-state index contributed by atoms with van der Waals surface area (Å²) >= 11 is 0. The van der Waals surface area contributed by atoms with E-state index in [-0.39, 0.29) is 6.04 Å². The first kappa shape index (κ1) is 10.6.